The number of aliphatic hydroxyl groups is 2. The summed E-state index contributed by atoms with van der Waals surface area (Å²) in [6.07, 6.45) is 128. The van der Waals surface area contributed by atoms with Gasteiger partial charge in [-0.3, -0.25) is 32.5 Å². The highest BCUT2D eigenvalue weighted by molar-refractivity contribution is 7.47. The van der Waals surface area contributed by atoms with Crippen molar-refractivity contribution in [3.05, 3.63) is 170 Å². The Labute approximate surface area is 764 Å². The number of ether oxygens (including phenoxy) is 3. The zero-order valence-corrected chi connectivity index (χ0v) is 81.3. The van der Waals surface area contributed by atoms with Gasteiger partial charge in [0.05, 0.1) is 26.4 Å². The molecule has 4 N–H and O–H groups in total. The molecule has 0 saturated heterocycles. The predicted molar refractivity (Wildman–Crippen MR) is 528 cm³/mol. The molecular weight excluding hydrogens is 1600 g/mol. The minimum atomic E-state index is -4.95. The second-order valence-corrected chi connectivity index (χ2v) is 36.4. The molecule has 0 saturated carbocycles. The number of phosphoric acid groups is 2. The molecule has 0 aliphatic rings. The molecule has 0 rings (SSSR count). The molecule has 0 heterocycles. The Hall–Kier alpha value is -5.09. The molecule has 0 aliphatic heterocycles. The van der Waals surface area contributed by atoms with Crippen LogP contribution in [0.1, 0.15) is 432 Å². The van der Waals surface area contributed by atoms with Gasteiger partial charge in [0.2, 0.25) is 0 Å². The van der Waals surface area contributed by atoms with Crippen LogP contribution in [0.5, 0.6) is 0 Å². The van der Waals surface area contributed by atoms with E-state index in [9.17, 15) is 43.5 Å². The Bertz CT molecular complexity index is 2950. The molecular formula is C107H184O16P2. The highest BCUT2D eigenvalue weighted by Gasteiger charge is 2.30. The zero-order valence-electron chi connectivity index (χ0n) is 79.5. The summed E-state index contributed by atoms with van der Waals surface area (Å²) < 4.78 is 61.7. The molecule has 5 unspecified atom stereocenters. The smallest absolute Gasteiger partial charge is 0.463 e. The fourth-order valence-electron chi connectivity index (χ4n) is 13.8. The van der Waals surface area contributed by atoms with Gasteiger partial charge in [0.15, 0.2) is 6.10 Å². The Morgan fingerprint density at radius 3 is 0.672 bits per heavy atom. The first-order valence-corrected chi connectivity index (χ1v) is 53.4. The van der Waals surface area contributed by atoms with Gasteiger partial charge in [0.1, 0.15) is 25.4 Å². The maximum atomic E-state index is 13.1. The summed E-state index contributed by atoms with van der Waals surface area (Å²) in [6, 6.07) is 0. The molecule has 718 valence electrons. The van der Waals surface area contributed by atoms with E-state index in [0.717, 1.165) is 154 Å². The van der Waals surface area contributed by atoms with Crippen molar-refractivity contribution in [3.63, 3.8) is 0 Å². The van der Waals surface area contributed by atoms with Gasteiger partial charge in [-0.25, -0.2) is 9.13 Å². The third-order valence-electron chi connectivity index (χ3n) is 21.4. The predicted octanol–water partition coefficient (Wildman–Crippen LogP) is 31.8. The van der Waals surface area contributed by atoms with E-state index < -0.39 is 91.5 Å². The molecule has 0 fully saturated rings. The first-order chi connectivity index (χ1) is 61.2. The van der Waals surface area contributed by atoms with Gasteiger partial charge in [-0.1, -0.05) is 428 Å². The second kappa shape index (κ2) is 98.0. The van der Waals surface area contributed by atoms with E-state index in [1.54, 1.807) is 0 Å². The first-order valence-electron chi connectivity index (χ1n) is 50.4. The highest BCUT2D eigenvalue weighted by atomic mass is 31.2. The Morgan fingerprint density at radius 1 is 0.232 bits per heavy atom. The van der Waals surface area contributed by atoms with Crippen LogP contribution in [0.25, 0.3) is 0 Å². The van der Waals surface area contributed by atoms with Crippen molar-refractivity contribution in [1.29, 1.82) is 0 Å². The largest absolute Gasteiger partial charge is 0.472 e. The molecule has 0 radical (unpaired) electrons. The van der Waals surface area contributed by atoms with Crippen LogP contribution < -0.4 is 0 Å². The molecule has 125 heavy (non-hydrogen) atoms. The maximum absolute atomic E-state index is 13.1. The molecule has 0 spiro atoms. The first kappa shape index (κ1) is 120. The lowest BCUT2D eigenvalue weighted by atomic mass is 10.0. The molecule has 0 aromatic carbocycles. The number of carbonyl (C=O) groups excluding carboxylic acids is 3. The number of rotatable bonds is 95. The monoisotopic (exact) mass is 1790 g/mol. The van der Waals surface area contributed by atoms with Crippen molar-refractivity contribution in [2.45, 2.75) is 450 Å². The maximum Gasteiger partial charge on any atom is 0.472 e. The molecule has 0 bridgehead atoms. The molecule has 0 amide bonds. The van der Waals surface area contributed by atoms with E-state index in [0.29, 0.717) is 19.3 Å². The number of hydrogen-bond donors (Lipinski definition) is 4. The van der Waals surface area contributed by atoms with Crippen LogP contribution in [0, 0.1) is 0 Å². The molecule has 5 atom stereocenters. The number of aliphatic hydroxyl groups excluding tert-OH is 2. The van der Waals surface area contributed by atoms with Crippen molar-refractivity contribution in [2.24, 2.45) is 0 Å². The van der Waals surface area contributed by atoms with Crippen molar-refractivity contribution < 1.29 is 75.8 Å². The Morgan fingerprint density at radius 2 is 0.424 bits per heavy atom. The molecule has 0 aromatic rings. The van der Waals surface area contributed by atoms with Gasteiger partial charge < -0.3 is 34.2 Å². The van der Waals surface area contributed by atoms with E-state index in [-0.39, 0.29) is 19.3 Å². The summed E-state index contributed by atoms with van der Waals surface area (Å²) in [5, 5.41) is 20.8. The average Bonchev–Trinajstić information content (AvgIpc) is 0.901. The van der Waals surface area contributed by atoms with E-state index in [4.69, 9.17) is 32.3 Å². The van der Waals surface area contributed by atoms with Crippen molar-refractivity contribution in [2.75, 3.05) is 39.6 Å². The summed E-state index contributed by atoms with van der Waals surface area (Å²) in [5.41, 5.74) is 0. The highest BCUT2D eigenvalue weighted by Crippen LogP contribution is 2.45. The van der Waals surface area contributed by atoms with Gasteiger partial charge in [-0.2, -0.15) is 0 Å². The number of unbranched alkanes of at least 4 members (excludes halogenated alkanes) is 44. The fraction of sp³-hybridized carbons (Fsp3) is 0.710. The van der Waals surface area contributed by atoms with E-state index in [2.05, 4.69) is 191 Å². The van der Waals surface area contributed by atoms with Gasteiger partial charge in [0, 0.05) is 19.3 Å². The number of phosphoric ester groups is 2. The van der Waals surface area contributed by atoms with Crippen LogP contribution in [0.2, 0.25) is 0 Å². The Balaban J connectivity index is 4.62. The number of carbonyl (C=O) groups is 3. The number of hydrogen-bond acceptors (Lipinski definition) is 14. The third kappa shape index (κ3) is 99.3. The van der Waals surface area contributed by atoms with Crippen molar-refractivity contribution >= 4 is 33.6 Å². The van der Waals surface area contributed by atoms with E-state index in [1.165, 1.54) is 218 Å². The van der Waals surface area contributed by atoms with E-state index in [1.807, 2.05) is 0 Å². The molecule has 16 nitrogen and oxygen atoms in total. The summed E-state index contributed by atoms with van der Waals surface area (Å²) in [6.45, 7) is 2.50. The Kier molecular flexibility index (Phi) is 94.0. The standard InChI is InChI=1S/C107H184O16P2/c1-4-7-10-13-16-19-22-25-28-31-34-37-40-43-46-48-50-52-55-57-60-63-66-69-72-75-78-81-84-87-90-93-105(110)117-96-102(108)97-119-124(113,114)120-98-103(109)99-121-125(115,116)122-101-104(123-107(112)95-92-89-86-83-80-77-74-71-68-65-62-59-54-45-42-39-36-33-30-27-24-21-18-15-12-9-6-3)100-118-106(111)94-91-88-85-82-79-76-73-70-67-64-61-58-56-53-51-49-47-44-41-38-35-32-29-26-23-20-17-14-11-8-5-2/h7,9-10,12,16-21,25-30,34-39,43-47,54,102-104,108-109H,4-6,8,11,13-15,22-24,31-33,40-42,48-53,55-101H2,1-3H3,(H,113,114)(H,115,116)/b10-7-,12-9-,19-16-,20-17-,21-18-,28-25-,29-26-,30-27-,37-34-,38-35-,39-36-,46-43-,47-44-,54-45-. The summed E-state index contributed by atoms with van der Waals surface area (Å²) in [7, 11) is -9.82. The number of allylic oxidation sites excluding steroid dienone is 28. The molecule has 18 heteroatoms. The zero-order chi connectivity index (χ0) is 90.7. The normalized spacial score (nSPS) is 14.4. The van der Waals surface area contributed by atoms with Crippen LogP contribution in [0.4, 0.5) is 0 Å². The van der Waals surface area contributed by atoms with Gasteiger partial charge in [-0.05, 0) is 154 Å². The van der Waals surface area contributed by atoms with Crippen LogP contribution in [0.15, 0.2) is 170 Å². The lowest BCUT2D eigenvalue weighted by Gasteiger charge is -2.21. The fourth-order valence-corrected chi connectivity index (χ4v) is 15.4. The molecule has 0 aliphatic carbocycles. The van der Waals surface area contributed by atoms with Crippen LogP contribution >= 0.6 is 15.6 Å². The number of esters is 3. The van der Waals surface area contributed by atoms with Crippen molar-refractivity contribution in [3.8, 4) is 0 Å². The summed E-state index contributed by atoms with van der Waals surface area (Å²) in [4.78, 5) is 59.2. The van der Waals surface area contributed by atoms with E-state index >= 15 is 0 Å². The second-order valence-electron chi connectivity index (χ2n) is 33.5. The molecule has 0 aromatic heterocycles. The van der Waals surface area contributed by atoms with Crippen LogP contribution in [0.3, 0.4) is 0 Å². The van der Waals surface area contributed by atoms with Crippen LogP contribution in [-0.4, -0.2) is 95.9 Å². The topological polar surface area (TPSA) is 231 Å². The minimum absolute atomic E-state index is 0.0977. The SMILES string of the molecule is CC/C=C\C/C=C\C/C=C\C/C=C\C/C=C\CCCCCCCCCCCCCCCCCC(=O)OCC(O)COP(=O)(O)OCC(O)COP(=O)(O)OCC(COC(=O)CCCCCCCCCCCCCCCCC/C=C\C/C=C\C/C=C\C/C=C\CCCCC)OC(=O)CCCCCCCCCCCCC/C=C\C/C=C\C/C=C\C/C=C\C/C=C\CC. The summed E-state index contributed by atoms with van der Waals surface area (Å²) >= 11 is 0. The summed E-state index contributed by atoms with van der Waals surface area (Å²) in [5.74, 6) is -1.56. The third-order valence-corrected chi connectivity index (χ3v) is 23.3. The van der Waals surface area contributed by atoms with Crippen molar-refractivity contribution in [1.82, 2.24) is 0 Å². The van der Waals surface area contributed by atoms with Gasteiger partial charge in [0.25, 0.3) is 0 Å². The van der Waals surface area contributed by atoms with Gasteiger partial charge >= 0.3 is 33.6 Å². The van der Waals surface area contributed by atoms with Gasteiger partial charge in [-0.15, -0.1) is 0 Å². The lowest BCUT2D eigenvalue weighted by molar-refractivity contribution is -0.161. The quantitative estimate of drug-likeness (QED) is 0.0146. The lowest BCUT2D eigenvalue weighted by Crippen LogP contribution is -2.30. The average molecular weight is 1790 g/mol. The van der Waals surface area contributed by atoms with Crippen LogP contribution in [-0.2, 0) is 55.8 Å². The minimum Gasteiger partial charge on any atom is -0.463 e.